The molecule has 0 saturated heterocycles. The van der Waals surface area contributed by atoms with E-state index in [2.05, 4.69) is 219 Å². The maximum Gasteiger partial charge on any atom is 0.145 e. The Morgan fingerprint density at radius 2 is 0.982 bits per heavy atom. The summed E-state index contributed by atoms with van der Waals surface area (Å²) < 4.78 is 9.46. The van der Waals surface area contributed by atoms with Crippen LogP contribution in [0.3, 0.4) is 0 Å². The number of rotatable bonds is 5. The van der Waals surface area contributed by atoms with Gasteiger partial charge >= 0.3 is 0 Å². The lowest BCUT2D eigenvalue weighted by Gasteiger charge is -2.12. The minimum atomic E-state index is 0.922. The third kappa shape index (κ3) is 4.46. The van der Waals surface area contributed by atoms with Crippen molar-refractivity contribution < 1.29 is 0 Å². The van der Waals surface area contributed by atoms with Gasteiger partial charge in [0.25, 0.3) is 0 Å². The van der Waals surface area contributed by atoms with Crippen molar-refractivity contribution in [1.29, 1.82) is 0 Å². The largest absolute Gasteiger partial charge is 0.316 e. The zero-order valence-electron chi connectivity index (χ0n) is 30.3. The molecule has 0 fully saturated rings. The van der Waals surface area contributed by atoms with E-state index in [1.165, 1.54) is 54.5 Å². The molecule has 0 N–H and O–H groups in total. The van der Waals surface area contributed by atoms with Crippen molar-refractivity contribution in [1.82, 2.24) is 23.3 Å². The van der Waals surface area contributed by atoms with E-state index in [1.807, 2.05) is 0 Å². The molecular formula is C51H33N5. The van der Waals surface area contributed by atoms with E-state index in [0.29, 0.717) is 0 Å². The third-order valence-corrected chi connectivity index (χ3v) is 11.4. The maximum absolute atomic E-state index is 5.16. The van der Waals surface area contributed by atoms with Crippen molar-refractivity contribution in [2.75, 3.05) is 0 Å². The van der Waals surface area contributed by atoms with E-state index in [-0.39, 0.29) is 0 Å². The predicted molar refractivity (Wildman–Crippen MR) is 232 cm³/mol. The summed E-state index contributed by atoms with van der Waals surface area (Å²) in [7, 11) is 0. The van der Waals surface area contributed by atoms with Gasteiger partial charge in [0.1, 0.15) is 5.82 Å². The maximum atomic E-state index is 5.16. The first-order valence-corrected chi connectivity index (χ1v) is 19.1. The molecule has 0 amide bonds. The summed E-state index contributed by atoms with van der Waals surface area (Å²) >= 11 is 0. The first-order chi connectivity index (χ1) is 27.8. The SMILES string of the molecule is c1ccc(-n2ccc3cc4c5c(ccc6c7ccccc7n(-c7ccc(-c8nc9ccccc9n8-c8ccccc8)cc7)c65)n(-c5ccccc5)c4cc32)cc1. The molecule has 4 heterocycles. The lowest BCUT2D eigenvalue weighted by molar-refractivity contribution is 1.10. The molecule has 0 radical (unpaired) electrons. The number of benzene rings is 8. The van der Waals surface area contributed by atoms with E-state index in [0.717, 1.165) is 45.2 Å². The molecule has 0 aliphatic heterocycles. The van der Waals surface area contributed by atoms with Crippen LogP contribution in [0.15, 0.2) is 200 Å². The van der Waals surface area contributed by atoms with Gasteiger partial charge in [-0.25, -0.2) is 4.98 Å². The Balaban J connectivity index is 1.14. The topological polar surface area (TPSA) is 32.6 Å². The molecule has 0 aliphatic rings. The molecule has 5 nitrogen and oxygen atoms in total. The van der Waals surface area contributed by atoms with Crippen LogP contribution in [0.1, 0.15) is 0 Å². The fourth-order valence-corrected chi connectivity index (χ4v) is 8.94. The number of fused-ring (bicyclic) bond motifs is 9. The molecule has 0 unspecified atom stereocenters. The molecule has 0 atom stereocenters. The zero-order valence-corrected chi connectivity index (χ0v) is 30.3. The van der Waals surface area contributed by atoms with Gasteiger partial charge in [0.15, 0.2) is 0 Å². The minimum Gasteiger partial charge on any atom is -0.316 e. The van der Waals surface area contributed by atoms with Crippen LogP contribution in [0, 0.1) is 0 Å². The molecule has 12 rings (SSSR count). The van der Waals surface area contributed by atoms with Crippen LogP contribution in [0.25, 0.3) is 99.7 Å². The first kappa shape index (κ1) is 30.8. The van der Waals surface area contributed by atoms with Crippen molar-refractivity contribution >= 4 is 65.5 Å². The van der Waals surface area contributed by atoms with Gasteiger partial charge in [0.2, 0.25) is 0 Å². The highest BCUT2D eigenvalue weighted by atomic mass is 15.1. The van der Waals surface area contributed by atoms with Crippen LogP contribution in [0.2, 0.25) is 0 Å². The van der Waals surface area contributed by atoms with E-state index >= 15 is 0 Å². The Morgan fingerprint density at radius 3 is 1.73 bits per heavy atom. The number of aromatic nitrogens is 5. The van der Waals surface area contributed by atoms with Crippen molar-refractivity contribution in [3.63, 3.8) is 0 Å². The Labute approximate surface area is 322 Å². The Kier molecular flexibility index (Phi) is 6.56. The Morgan fingerprint density at radius 1 is 0.357 bits per heavy atom. The molecule has 0 aliphatic carbocycles. The van der Waals surface area contributed by atoms with Crippen molar-refractivity contribution in [3.05, 3.63) is 200 Å². The fraction of sp³-hybridized carbons (Fsp3) is 0. The van der Waals surface area contributed by atoms with Gasteiger partial charge in [0.05, 0.1) is 38.6 Å². The van der Waals surface area contributed by atoms with Crippen molar-refractivity contribution in [3.8, 4) is 34.1 Å². The third-order valence-electron chi connectivity index (χ3n) is 11.4. The molecule has 0 saturated carbocycles. The molecule has 4 aromatic heterocycles. The second-order valence-electron chi connectivity index (χ2n) is 14.5. The highest BCUT2D eigenvalue weighted by Gasteiger charge is 2.22. The lowest BCUT2D eigenvalue weighted by Crippen LogP contribution is -1.98. The molecule has 0 bridgehead atoms. The number of hydrogen-bond acceptors (Lipinski definition) is 1. The van der Waals surface area contributed by atoms with Gasteiger partial charge in [-0.15, -0.1) is 0 Å². The molecule has 262 valence electrons. The van der Waals surface area contributed by atoms with Crippen molar-refractivity contribution in [2.45, 2.75) is 0 Å². The molecule has 8 aromatic carbocycles. The summed E-state index contributed by atoms with van der Waals surface area (Å²) in [6.45, 7) is 0. The number of nitrogens with zero attached hydrogens (tertiary/aromatic N) is 5. The van der Waals surface area contributed by atoms with Crippen molar-refractivity contribution in [2.24, 2.45) is 0 Å². The van der Waals surface area contributed by atoms with Gasteiger partial charge in [-0.2, -0.15) is 0 Å². The fourth-order valence-electron chi connectivity index (χ4n) is 8.94. The monoisotopic (exact) mass is 715 g/mol. The summed E-state index contributed by atoms with van der Waals surface area (Å²) in [5, 5.41) is 6.14. The lowest BCUT2D eigenvalue weighted by atomic mass is 10.1. The zero-order chi connectivity index (χ0) is 36.7. The van der Waals surface area contributed by atoms with Gasteiger partial charge < -0.3 is 13.7 Å². The normalized spacial score (nSPS) is 11.9. The molecule has 56 heavy (non-hydrogen) atoms. The summed E-state index contributed by atoms with van der Waals surface area (Å²) in [4.78, 5) is 5.16. The minimum absolute atomic E-state index is 0.922. The molecule has 12 aromatic rings. The van der Waals surface area contributed by atoms with Crippen LogP contribution < -0.4 is 0 Å². The van der Waals surface area contributed by atoms with Crippen LogP contribution in [-0.4, -0.2) is 23.3 Å². The van der Waals surface area contributed by atoms with E-state index in [9.17, 15) is 0 Å². The molecule has 5 heteroatoms. The van der Waals surface area contributed by atoms with Gasteiger partial charge in [-0.1, -0.05) is 91.0 Å². The summed E-state index contributed by atoms with van der Waals surface area (Å²) in [5.41, 5.74) is 13.5. The van der Waals surface area contributed by atoms with Crippen LogP contribution >= 0.6 is 0 Å². The van der Waals surface area contributed by atoms with E-state index < -0.39 is 0 Å². The molecular weight excluding hydrogens is 683 g/mol. The average Bonchev–Trinajstić information content (AvgIpc) is 4.03. The van der Waals surface area contributed by atoms with Crippen LogP contribution in [0.4, 0.5) is 0 Å². The highest BCUT2D eigenvalue weighted by Crippen LogP contribution is 2.43. The van der Waals surface area contributed by atoms with Crippen LogP contribution in [-0.2, 0) is 0 Å². The smallest absolute Gasteiger partial charge is 0.145 e. The van der Waals surface area contributed by atoms with E-state index in [1.54, 1.807) is 0 Å². The summed E-state index contributed by atoms with van der Waals surface area (Å²) in [5.74, 6) is 0.922. The summed E-state index contributed by atoms with van der Waals surface area (Å²) in [6, 6.07) is 69.6. The second-order valence-corrected chi connectivity index (χ2v) is 14.5. The Hall–Kier alpha value is -7.63. The Bertz CT molecular complexity index is 3440. The predicted octanol–water partition coefficient (Wildman–Crippen LogP) is 12.8. The first-order valence-electron chi connectivity index (χ1n) is 19.1. The number of imidazole rings is 1. The summed E-state index contributed by atoms with van der Waals surface area (Å²) in [6.07, 6.45) is 2.19. The van der Waals surface area contributed by atoms with E-state index in [4.69, 9.17) is 4.98 Å². The standard InChI is InChI=1S/C51H33N5/c1-4-14-36(15-5-1)53-31-30-35-32-42-48(33-47(35)53)54(37-16-6-2-7-17-37)46-29-28-41-40-20-10-12-22-44(40)55(50(41)49(42)46)39-26-24-34(25-27-39)51-52-43-21-11-13-23-45(43)56(51)38-18-8-3-9-19-38/h1-33H. The highest BCUT2D eigenvalue weighted by molar-refractivity contribution is 6.27. The molecule has 0 spiro atoms. The number of hydrogen-bond donors (Lipinski definition) is 0. The number of para-hydroxylation sites is 6. The quantitative estimate of drug-likeness (QED) is 0.175. The van der Waals surface area contributed by atoms with Gasteiger partial charge in [-0.3, -0.25) is 4.57 Å². The average molecular weight is 716 g/mol. The van der Waals surface area contributed by atoms with Gasteiger partial charge in [-0.05, 0) is 103 Å². The second kappa shape index (κ2) is 11.9. The van der Waals surface area contributed by atoms with Gasteiger partial charge in [0, 0.05) is 61.4 Å². The van der Waals surface area contributed by atoms with Crippen LogP contribution in [0.5, 0.6) is 0 Å².